The van der Waals surface area contributed by atoms with Gasteiger partial charge in [-0.05, 0) is 61.1 Å². The Morgan fingerprint density at radius 2 is 1.59 bits per heavy atom. The minimum absolute atomic E-state index is 0.124. The maximum atomic E-state index is 13.4. The highest BCUT2D eigenvalue weighted by atomic mass is 35.5. The van der Waals surface area contributed by atoms with E-state index >= 15 is 0 Å². The van der Waals surface area contributed by atoms with Gasteiger partial charge < -0.3 is 19.1 Å². The van der Waals surface area contributed by atoms with E-state index in [4.69, 9.17) is 25.8 Å². The third-order valence-electron chi connectivity index (χ3n) is 7.41. The molecule has 0 bridgehead atoms. The first kappa shape index (κ1) is 25.6. The number of halogens is 1. The maximum absolute atomic E-state index is 13.4. The van der Waals surface area contributed by atoms with E-state index in [0.29, 0.717) is 49.1 Å². The van der Waals surface area contributed by atoms with Gasteiger partial charge in [0.15, 0.2) is 23.1 Å². The molecule has 1 aliphatic heterocycles. The van der Waals surface area contributed by atoms with E-state index in [9.17, 15) is 9.59 Å². The molecule has 0 radical (unpaired) electrons. The van der Waals surface area contributed by atoms with Crippen molar-refractivity contribution in [3.63, 3.8) is 0 Å². The monoisotopic (exact) mass is 521 g/mol. The Labute approximate surface area is 222 Å². The molecule has 194 valence electrons. The Kier molecular flexibility index (Phi) is 7.68. The van der Waals surface area contributed by atoms with Crippen molar-refractivity contribution in [2.75, 3.05) is 27.4 Å². The van der Waals surface area contributed by atoms with Crippen molar-refractivity contribution in [1.82, 2.24) is 4.90 Å². The lowest BCUT2D eigenvalue weighted by Crippen LogP contribution is -2.40. The van der Waals surface area contributed by atoms with Crippen LogP contribution in [0.3, 0.4) is 0 Å². The zero-order chi connectivity index (χ0) is 25.9. The molecule has 0 saturated carbocycles. The molecule has 1 heterocycles. The standard InChI is InChI=1S/C30H32ClNO5/c1-35-15-14-32-22-8-4-10-24(33)29(22)28(30-23(32)9-5-11-25(30)34)20-12-13-26(27(17-20)36-2)37-18-19-6-3-7-21(31)16-19/h3,6-7,12-13,16-17,28H,4-5,8-11,14-15,18H2,1-2H3. The number of methoxy groups -OCH3 is 2. The van der Waals surface area contributed by atoms with Gasteiger partial charge in [0.1, 0.15) is 6.61 Å². The number of Topliss-reactive ketones (excluding diaryl/α,β-unsaturated/α-hetero) is 2. The Balaban J connectivity index is 1.55. The molecule has 0 N–H and O–H groups in total. The lowest BCUT2D eigenvalue weighted by Gasteiger charge is -2.44. The first-order chi connectivity index (χ1) is 18.0. The van der Waals surface area contributed by atoms with Crippen LogP contribution in [0.25, 0.3) is 0 Å². The molecule has 2 aromatic rings. The average molecular weight is 522 g/mol. The van der Waals surface area contributed by atoms with E-state index < -0.39 is 0 Å². The van der Waals surface area contributed by atoms with Crippen LogP contribution in [0.15, 0.2) is 65.0 Å². The Morgan fingerprint density at radius 1 is 0.892 bits per heavy atom. The second-order valence-electron chi connectivity index (χ2n) is 9.68. The molecule has 0 atom stereocenters. The van der Waals surface area contributed by atoms with E-state index in [2.05, 4.69) is 4.90 Å². The molecule has 0 spiro atoms. The highest BCUT2D eigenvalue weighted by Gasteiger charge is 2.43. The molecule has 0 saturated heterocycles. The highest BCUT2D eigenvalue weighted by molar-refractivity contribution is 6.30. The summed E-state index contributed by atoms with van der Waals surface area (Å²) in [6.45, 7) is 1.52. The Hall–Kier alpha value is -3.09. The molecule has 7 heteroatoms. The number of carbonyl (C=O) groups excluding carboxylic acids is 2. The van der Waals surface area contributed by atoms with Crippen LogP contribution >= 0.6 is 11.6 Å². The van der Waals surface area contributed by atoms with E-state index in [1.54, 1.807) is 14.2 Å². The Morgan fingerprint density at radius 3 is 2.22 bits per heavy atom. The first-order valence-electron chi connectivity index (χ1n) is 12.9. The molecule has 6 nitrogen and oxygen atoms in total. The molecule has 0 aromatic heterocycles. The number of nitrogens with zero attached hydrogens (tertiary/aromatic N) is 1. The summed E-state index contributed by atoms with van der Waals surface area (Å²) < 4.78 is 17.2. The van der Waals surface area contributed by atoms with Crippen molar-refractivity contribution in [3.05, 3.63) is 81.2 Å². The fraction of sp³-hybridized carbons (Fsp3) is 0.400. The molecule has 5 rings (SSSR count). The van der Waals surface area contributed by atoms with Gasteiger partial charge in [-0.15, -0.1) is 0 Å². The number of carbonyl (C=O) groups is 2. The van der Waals surface area contributed by atoms with Crippen molar-refractivity contribution in [2.24, 2.45) is 0 Å². The van der Waals surface area contributed by atoms with Gasteiger partial charge in [-0.2, -0.15) is 0 Å². The number of ether oxygens (including phenoxy) is 3. The quantitative estimate of drug-likeness (QED) is 0.425. The molecular weight excluding hydrogens is 490 g/mol. The van der Waals surface area contributed by atoms with E-state index in [0.717, 1.165) is 59.4 Å². The van der Waals surface area contributed by atoms with Gasteiger partial charge in [-0.1, -0.05) is 29.8 Å². The van der Waals surface area contributed by atoms with Crippen LogP contribution in [-0.2, 0) is 20.9 Å². The molecule has 3 aliphatic rings. The van der Waals surface area contributed by atoms with Gasteiger partial charge in [0.2, 0.25) is 0 Å². The van der Waals surface area contributed by atoms with Crippen molar-refractivity contribution in [1.29, 1.82) is 0 Å². The van der Waals surface area contributed by atoms with Gasteiger partial charge in [0, 0.05) is 60.0 Å². The zero-order valence-electron chi connectivity index (χ0n) is 21.3. The van der Waals surface area contributed by atoms with Gasteiger partial charge >= 0.3 is 0 Å². The molecule has 0 fully saturated rings. The summed E-state index contributed by atoms with van der Waals surface area (Å²) in [5.74, 6) is 1.02. The third kappa shape index (κ3) is 5.05. The van der Waals surface area contributed by atoms with Crippen molar-refractivity contribution >= 4 is 23.2 Å². The average Bonchev–Trinajstić information content (AvgIpc) is 2.90. The second-order valence-corrected chi connectivity index (χ2v) is 10.1. The fourth-order valence-corrected chi connectivity index (χ4v) is 5.99. The minimum Gasteiger partial charge on any atom is -0.493 e. The summed E-state index contributed by atoms with van der Waals surface area (Å²) in [5, 5.41) is 0.655. The Bertz CT molecular complexity index is 1240. The summed E-state index contributed by atoms with van der Waals surface area (Å²) in [6.07, 6.45) is 4.30. The summed E-state index contributed by atoms with van der Waals surface area (Å²) in [7, 11) is 3.28. The fourth-order valence-electron chi connectivity index (χ4n) is 5.77. The number of benzene rings is 2. The van der Waals surface area contributed by atoms with Crippen LogP contribution in [0.4, 0.5) is 0 Å². The van der Waals surface area contributed by atoms with E-state index in [1.165, 1.54) is 0 Å². The molecule has 0 unspecified atom stereocenters. The van der Waals surface area contributed by atoms with Crippen LogP contribution < -0.4 is 9.47 Å². The predicted octanol–water partition coefficient (Wildman–Crippen LogP) is 5.99. The largest absolute Gasteiger partial charge is 0.493 e. The van der Waals surface area contributed by atoms with Gasteiger partial charge in [0.25, 0.3) is 0 Å². The number of ketones is 2. The predicted molar refractivity (Wildman–Crippen MR) is 142 cm³/mol. The highest BCUT2D eigenvalue weighted by Crippen LogP contribution is 2.50. The van der Waals surface area contributed by atoms with Crippen LogP contribution in [-0.4, -0.2) is 43.8 Å². The third-order valence-corrected chi connectivity index (χ3v) is 7.64. The van der Waals surface area contributed by atoms with Crippen LogP contribution in [0.2, 0.25) is 5.02 Å². The lowest BCUT2D eigenvalue weighted by molar-refractivity contribution is -0.117. The number of hydrogen-bond donors (Lipinski definition) is 0. The van der Waals surface area contributed by atoms with Gasteiger partial charge in [-0.25, -0.2) is 0 Å². The van der Waals surface area contributed by atoms with Crippen LogP contribution in [0.1, 0.15) is 55.6 Å². The lowest BCUT2D eigenvalue weighted by atomic mass is 9.71. The zero-order valence-corrected chi connectivity index (χ0v) is 22.1. The maximum Gasteiger partial charge on any atom is 0.161 e. The van der Waals surface area contributed by atoms with Crippen molar-refractivity contribution in [3.8, 4) is 11.5 Å². The second kappa shape index (κ2) is 11.1. The molecule has 37 heavy (non-hydrogen) atoms. The van der Waals surface area contributed by atoms with Gasteiger partial charge in [-0.3, -0.25) is 9.59 Å². The van der Waals surface area contributed by atoms with Crippen molar-refractivity contribution in [2.45, 2.75) is 51.0 Å². The summed E-state index contributed by atoms with van der Waals surface area (Å²) in [4.78, 5) is 29.0. The van der Waals surface area contributed by atoms with Crippen molar-refractivity contribution < 1.29 is 23.8 Å². The summed E-state index contributed by atoms with van der Waals surface area (Å²) in [5.41, 5.74) is 5.44. The van der Waals surface area contributed by atoms with Crippen LogP contribution in [0, 0.1) is 0 Å². The summed E-state index contributed by atoms with van der Waals surface area (Å²) >= 11 is 6.11. The molecular formula is C30H32ClNO5. The number of hydrogen-bond acceptors (Lipinski definition) is 6. The van der Waals surface area contributed by atoms with Gasteiger partial charge in [0.05, 0.1) is 13.7 Å². The normalized spacial score (nSPS) is 18.2. The first-order valence-corrected chi connectivity index (χ1v) is 13.2. The number of allylic oxidation sites excluding steroid dienone is 4. The summed E-state index contributed by atoms with van der Waals surface area (Å²) in [6, 6.07) is 13.3. The van der Waals surface area contributed by atoms with E-state index in [-0.39, 0.29) is 17.5 Å². The van der Waals surface area contributed by atoms with E-state index in [1.807, 2.05) is 42.5 Å². The van der Waals surface area contributed by atoms with Crippen LogP contribution in [0.5, 0.6) is 11.5 Å². The SMILES string of the molecule is COCCN1C2=C(C(=O)CCC2)C(c2ccc(OCc3cccc(Cl)c3)c(OC)c2)C2=C1CCCC2=O. The molecule has 2 aromatic carbocycles. The molecule has 0 amide bonds. The smallest absolute Gasteiger partial charge is 0.161 e. The number of rotatable bonds is 8. The minimum atomic E-state index is -0.389. The molecule has 2 aliphatic carbocycles. The topological polar surface area (TPSA) is 65.1 Å².